The molecule has 17 heavy (non-hydrogen) atoms. The summed E-state index contributed by atoms with van der Waals surface area (Å²) in [4.78, 5) is 24.5. The predicted molar refractivity (Wildman–Crippen MR) is 62.5 cm³/mol. The summed E-state index contributed by atoms with van der Waals surface area (Å²) in [7, 11) is 0. The molecule has 2 unspecified atom stereocenters. The largest absolute Gasteiger partial charge is 0.481 e. The van der Waals surface area contributed by atoms with E-state index in [4.69, 9.17) is 5.11 Å². The monoisotopic (exact) mass is 240 g/mol. The zero-order valence-corrected chi connectivity index (χ0v) is 10.2. The molecule has 96 valence electrons. The van der Waals surface area contributed by atoms with Gasteiger partial charge in [-0.15, -0.1) is 0 Å². The van der Waals surface area contributed by atoms with E-state index in [1.54, 1.807) is 0 Å². The van der Waals surface area contributed by atoms with Crippen LogP contribution >= 0.6 is 0 Å². The van der Waals surface area contributed by atoms with Crippen LogP contribution in [0.25, 0.3) is 0 Å². The molecule has 2 N–H and O–H groups in total. The van der Waals surface area contributed by atoms with E-state index in [9.17, 15) is 9.59 Å². The van der Waals surface area contributed by atoms with Crippen LogP contribution in [0.15, 0.2) is 0 Å². The molecule has 0 spiro atoms. The molecule has 1 saturated carbocycles. The van der Waals surface area contributed by atoms with Crippen molar-refractivity contribution in [3.63, 3.8) is 0 Å². The molecule has 2 aliphatic rings. The van der Waals surface area contributed by atoms with Crippen LogP contribution in [0.2, 0.25) is 0 Å². The number of rotatable bonds is 5. The Kier molecular flexibility index (Phi) is 3.66. The number of carbonyl (C=O) groups is 2. The molecular weight excluding hydrogens is 220 g/mol. The number of hydrogen-bond acceptors (Lipinski definition) is 3. The standard InChI is InChI=1S/C12H20N2O3/c1-8-5-14(6-10(8)12(16)17)7-11(15)13-4-9-2-3-9/h8-10H,2-7H2,1H3,(H,13,15)(H,16,17). The number of likely N-dealkylation sites (tertiary alicyclic amines) is 1. The van der Waals surface area contributed by atoms with Gasteiger partial charge in [0.25, 0.3) is 0 Å². The molecule has 0 aromatic heterocycles. The Labute approximate surface area is 101 Å². The van der Waals surface area contributed by atoms with Crippen molar-refractivity contribution in [2.24, 2.45) is 17.8 Å². The van der Waals surface area contributed by atoms with Gasteiger partial charge in [0.05, 0.1) is 12.5 Å². The highest BCUT2D eigenvalue weighted by Gasteiger charge is 2.35. The van der Waals surface area contributed by atoms with E-state index in [1.807, 2.05) is 11.8 Å². The van der Waals surface area contributed by atoms with Crippen molar-refractivity contribution in [3.05, 3.63) is 0 Å². The van der Waals surface area contributed by atoms with Gasteiger partial charge in [-0.05, 0) is 24.7 Å². The Morgan fingerprint density at radius 3 is 2.59 bits per heavy atom. The molecule has 2 fully saturated rings. The highest BCUT2D eigenvalue weighted by atomic mass is 16.4. The lowest BCUT2D eigenvalue weighted by Crippen LogP contribution is -2.37. The maximum absolute atomic E-state index is 11.6. The molecule has 5 nitrogen and oxygen atoms in total. The van der Waals surface area contributed by atoms with Crippen LogP contribution in [0.5, 0.6) is 0 Å². The lowest BCUT2D eigenvalue weighted by Gasteiger charge is -2.14. The minimum Gasteiger partial charge on any atom is -0.481 e. The van der Waals surface area contributed by atoms with Crippen molar-refractivity contribution in [2.75, 3.05) is 26.2 Å². The van der Waals surface area contributed by atoms with Crippen LogP contribution in [0.4, 0.5) is 0 Å². The van der Waals surface area contributed by atoms with Gasteiger partial charge in [-0.25, -0.2) is 0 Å². The van der Waals surface area contributed by atoms with E-state index in [2.05, 4.69) is 5.32 Å². The minimum absolute atomic E-state index is 0.0233. The summed E-state index contributed by atoms with van der Waals surface area (Å²) in [5.74, 6) is -0.244. The zero-order valence-electron chi connectivity index (χ0n) is 10.2. The maximum Gasteiger partial charge on any atom is 0.308 e. The van der Waals surface area contributed by atoms with Crippen molar-refractivity contribution in [3.8, 4) is 0 Å². The smallest absolute Gasteiger partial charge is 0.308 e. The number of carboxylic acids is 1. The Morgan fingerprint density at radius 1 is 1.35 bits per heavy atom. The molecule has 0 radical (unpaired) electrons. The highest BCUT2D eigenvalue weighted by Crippen LogP contribution is 2.27. The van der Waals surface area contributed by atoms with Gasteiger partial charge in [0, 0.05) is 19.6 Å². The second-order valence-corrected chi connectivity index (χ2v) is 5.36. The summed E-state index contributed by atoms with van der Waals surface area (Å²) >= 11 is 0. The quantitative estimate of drug-likeness (QED) is 0.718. The summed E-state index contributed by atoms with van der Waals surface area (Å²) in [5, 5.41) is 11.9. The van der Waals surface area contributed by atoms with Crippen LogP contribution < -0.4 is 5.32 Å². The van der Waals surface area contributed by atoms with Crippen molar-refractivity contribution in [1.82, 2.24) is 10.2 Å². The third-order valence-electron chi connectivity index (χ3n) is 3.66. The average molecular weight is 240 g/mol. The Hall–Kier alpha value is -1.10. The molecule has 5 heteroatoms. The topological polar surface area (TPSA) is 69.6 Å². The van der Waals surface area contributed by atoms with Crippen molar-refractivity contribution < 1.29 is 14.7 Å². The molecule has 2 rings (SSSR count). The summed E-state index contributed by atoms with van der Waals surface area (Å²) in [6, 6.07) is 0. The lowest BCUT2D eigenvalue weighted by molar-refractivity contribution is -0.142. The number of nitrogens with one attached hydrogen (secondary N) is 1. The minimum atomic E-state index is -0.751. The first-order valence-corrected chi connectivity index (χ1v) is 6.28. The number of nitrogens with zero attached hydrogens (tertiary/aromatic N) is 1. The van der Waals surface area contributed by atoms with Gasteiger partial charge < -0.3 is 10.4 Å². The zero-order chi connectivity index (χ0) is 12.4. The van der Waals surface area contributed by atoms with Crippen LogP contribution in [-0.4, -0.2) is 48.1 Å². The molecule has 1 heterocycles. The lowest BCUT2D eigenvalue weighted by atomic mass is 9.99. The van der Waals surface area contributed by atoms with Crippen molar-refractivity contribution >= 4 is 11.9 Å². The van der Waals surface area contributed by atoms with Gasteiger partial charge in [-0.1, -0.05) is 6.92 Å². The third-order valence-corrected chi connectivity index (χ3v) is 3.66. The first-order valence-electron chi connectivity index (χ1n) is 6.28. The third kappa shape index (κ3) is 3.43. The van der Waals surface area contributed by atoms with E-state index in [0.717, 1.165) is 6.54 Å². The molecular formula is C12H20N2O3. The summed E-state index contributed by atoms with van der Waals surface area (Å²) in [6.07, 6.45) is 2.45. The normalized spacial score (nSPS) is 29.2. The van der Waals surface area contributed by atoms with Crippen molar-refractivity contribution in [2.45, 2.75) is 19.8 Å². The van der Waals surface area contributed by atoms with Crippen LogP contribution in [0, 0.1) is 17.8 Å². The average Bonchev–Trinajstić information content (AvgIpc) is 3.00. The summed E-state index contributed by atoms with van der Waals surface area (Å²) < 4.78 is 0. The Bertz CT molecular complexity index is 315. The second kappa shape index (κ2) is 5.04. The first kappa shape index (κ1) is 12.4. The van der Waals surface area contributed by atoms with E-state index in [1.165, 1.54) is 12.8 Å². The molecule has 0 bridgehead atoms. The molecule has 1 aliphatic heterocycles. The predicted octanol–water partition coefficient (Wildman–Crippen LogP) is 0.165. The summed E-state index contributed by atoms with van der Waals surface area (Å²) in [6.45, 7) is 4.24. The van der Waals surface area contributed by atoms with Gasteiger partial charge >= 0.3 is 5.97 Å². The highest BCUT2D eigenvalue weighted by molar-refractivity contribution is 5.78. The van der Waals surface area contributed by atoms with E-state index >= 15 is 0 Å². The number of aliphatic carboxylic acids is 1. The van der Waals surface area contributed by atoms with E-state index in [0.29, 0.717) is 25.6 Å². The van der Waals surface area contributed by atoms with Gasteiger partial charge in [0.1, 0.15) is 0 Å². The summed E-state index contributed by atoms with van der Waals surface area (Å²) in [5.41, 5.74) is 0. The van der Waals surface area contributed by atoms with Crippen LogP contribution in [-0.2, 0) is 9.59 Å². The van der Waals surface area contributed by atoms with Gasteiger partial charge in [0.2, 0.25) is 5.91 Å². The molecule has 0 aromatic carbocycles. The van der Waals surface area contributed by atoms with Gasteiger partial charge in [0.15, 0.2) is 0 Å². The Balaban J connectivity index is 1.72. The molecule has 1 saturated heterocycles. The fraction of sp³-hybridized carbons (Fsp3) is 0.833. The number of amides is 1. The number of carboxylic acid groups (broad SMARTS) is 1. The molecule has 1 amide bonds. The van der Waals surface area contributed by atoms with Gasteiger partial charge in [-0.2, -0.15) is 0 Å². The molecule has 0 aromatic rings. The fourth-order valence-corrected chi connectivity index (χ4v) is 2.36. The van der Waals surface area contributed by atoms with E-state index < -0.39 is 5.97 Å². The molecule has 1 aliphatic carbocycles. The molecule has 2 atom stereocenters. The Morgan fingerprint density at radius 2 is 2.06 bits per heavy atom. The maximum atomic E-state index is 11.6. The number of carbonyl (C=O) groups excluding carboxylic acids is 1. The number of hydrogen-bond donors (Lipinski definition) is 2. The van der Waals surface area contributed by atoms with Gasteiger partial charge in [-0.3, -0.25) is 14.5 Å². The van der Waals surface area contributed by atoms with Crippen LogP contribution in [0.1, 0.15) is 19.8 Å². The second-order valence-electron chi connectivity index (χ2n) is 5.36. The SMILES string of the molecule is CC1CN(CC(=O)NCC2CC2)CC1C(=O)O. The first-order chi connectivity index (χ1) is 8.06. The fourth-order valence-electron chi connectivity index (χ4n) is 2.36. The van der Waals surface area contributed by atoms with Crippen LogP contribution in [0.3, 0.4) is 0 Å². The van der Waals surface area contributed by atoms with E-state index in [-0.39, 0.29) is 17.7 Å². The van der Waals surface area contributed by atoms with Crippen molar-refractivity contribution in [1.29, 1.82) is 0 Å².